The zero-order valence-electron chi connectivity index (χ0n) is 60.6. The van der Waals surface area contributed by atoms with Crippen LogP contribution in [-0.4, -0.2) is 87.4 Å². The summed E-state index contributed by atoms with van der Waals surface area (Å²) in [5.41, 5.74) is 0. The van der Waals surface area contributed by atoms with Crippen LogP contribution in [0.3, 0.4) is 0 Å². The molecule has 0 aliphatic carbocycles. The van der Waals surface area contributed by atoms with Crippen LogP contribution in [0.2, 0.25) is 0 Å². The second kappa shape index (κ2) is 73.0. The summed E-state index contributed by atoms with van der Waals surface area (Å²) < 4.78 is 23.0. The lowest BCUT2D eigenvalue weighted by Crippen LogP contribution is -2.40. The Morgan fingerprint density at radius 2 is 0.581 bits per heavy atom. The fraction of sp³-hybridized carbons (Fsp3) is 0.679. The molecule has 530 valence electrons. The first-order valence-corrected chi connectivity index (χ1v) is 38.0. The van der Waals surface area contributed by atoms with Gasteiger partial charge in [0.15, 0.2) is 6.10 Å². The van der Waals surface area contributed by atoms with Gasteiger partial charge in [0, 0.05) is 12.8 Å². The molecule has 0 saturated heterocycles. The van der Waals surface area contributed by atoms with Crippen molar-refractivity contribution in [3.05, 3.63) is 146 Å². The van der Waals surface area contributed by atoms with Crippen molar-refractivity contribution in [3.8, 4) is 0 Å². The summed E-state index contributed by atoms with van der Waals surface area (Å²) in [4.78, 5) is 37.7. The summed E-state index contributed by atoms with van der Waals surface area (Å²) >= 11 is 0. The van der Waals surface area contributed by atoms with E-state index in [0.29, 0.717) is 17.4 Å². The highest BCUT2D eigenvalue weighted by atomic mass is 16.7. The molecular weight excluding hydrogens is 1150 g/mol. The number of hydrogen-bond acceptors (Lipinski definition) is 7. The fourth-order valence-electron chi connectivity index (χ4n) is 10.4. The van der Waals surface area contributed by atoms with Gasteiger partial charge in [0.25, 0.3) is 6.29 Å². The summed E-state index contributed by atoms with van der Waals surface area (Å²) in [5, 5.41) is 9.76. The van der Waals surface area contributed by atoms with E-state index >= 15 is 0 Å². The van der Waals surface area contributed by atoms with Crippen LogP contribution in [0.25, 0.3) is 0 Å². The van der Waals surface area contributed by atoms with Crippen LogP contribution in [0.4, 0.5) is 0 Å². The smallest absolute Gasteiger partial charge is 0.361 e. The summed E-state index contributed by atoms with van der Waals surface area (Å²) in [6.07, 6.45) is 104. The highest BCUT2D eigenvalue weighted by Gasteiger charge is 2.25. The Hall–Kier alpha value is -4.83. The molecule has 0 rings (SSSR count). The van der Waals surface area contributed by atoms with E-state index in [-0.39, 0.29) is 32.2 Å². The van der Waals surface area contributed by atoms with Gasteiger partial charge in [-0.05, 0) is 116 Å². The molecule has 0 bridgehead atoms. The van der Waals surface area contributed by atoms with Crippen molar-refractivity contribution in [3.63, 3.8) is 0 Å². The number of rotatable bonds is 69. The molecule has 2 unspecified atom stereocenters. The lowest BCUT2D eigenvalue weighted by atomic mass is 10.0. The van der Waals surface area contributed by atoms with Crippen LogP contribution in [0.15, 0.2) is 146 Å². The molecule has 0 aliphatic rings. The minimum Gasteiger partial charge on any atom is -0.477 e. The molecule has 0 fully saturated rings. The minimum absolute atomic E-state index is 0.183. The Labute approximate surface area is 572 Å². The van der Waals surface area contributed by atoms with Gasteiger partial charge >= 0.3 is 17.9 Å². The molecular formula is C84H142NO8+. The van der Waals surface area contributed by atoms with E-state index < -0.39 is 24.3 Å². The largest absolute Gasteiger partial charge is 0.477 e. The summed E-state index contributed by atoms with van der Waals surface area (Å²) in [6, 6.07) is 0. The van der Waals surface area contributed by atoms with E-state index in [2.05, 4.69) is 160 Å². The Morgan fingerprint density at radius 3 is 0.860 bits per heavy atom. The molecule has 1 N–H and O–H groups in total. The summed E-state index contributed by atoms with van der Waals surface area (Å²) in [6.45, 7) is 4.67. The number of hydrogen-bond donors (Lipinski definition) is 1. The number of nitrogens with zero attached hydrogens (tertiary/aromatic N) is 1. The van der Waals surface area contributed by atoms with Crippen molar-refractivity contribution >= 4 is 17.9 Å². The van der Waals surface area contributed by atoms with Crippen molar-refractivity contribution in [1.29, 1.82) is 0 Å². The Morgan fingerprint density at radius 1 is 0.323 bits per heavy atom. The molecule has 0 aromatic rings. The fourth-order valence-corrected chi connectivity index (χ4v) is 10.4. The predicted octanol–water partition coefficient (Wildman–Crippen LogP) is 24.3. The number of carboxylic acid groups (broad SMARTS) is 1. The van der Waals surface area contributed by atoms with Crippen LogP contribution in [0, 0.1) is 0 Å². The van der Waals surface area contributed by atoms with E-state index in [9.17, 15) is 19.5 Å². The Balaban J connectivity index is 4.06. The number of unbranched alkanes of at least 4 members (excludes halogenated alkanes) is 30. The monoisotopic (exact) mass is 1290 g/mol. The van der Waals surface area contributed by atoms with Crippen molar-refractivity contribution in [2.45, 2.75) is 322 Å². The van der Waals surface area contributed by atoms with Gasteiger partial charge in [-0.25, -0.2) is 4.79 Å². The Kier molecular flexibility index (Phi) is 69.2. The van der Waals surface area contributed by atoms with Crippen LogP contribution in [-0.2, 0) is 33.3 Å². The van der Waals surface area contributed by atoms with Gasteiger partial charge in [0.05, 0.1) is 34.4 Å². The quantitative estimate of drug-likeness (QED) is 0.0211. The van der Waals surface area contributed by atoms with Gasteiger partial charge in [-0.3, -0.25) is 9.59 Å². The first-order chi connectivity index (χ1) is 45.6. The molecule has 0 aromatic heterocycles. The maximum Gasteiger partial charge on any atom is 0.361 e. The number of esters is 2. The van der Waals surface area contributed by atoms with Crippen LogP contribution >= 0.6 is 0 Å². The molecule has 9 heteroatoms. The van der Waals surface area contributed by atoms with Crippen LogP contribution < -0.4 is 0 Å². The molecule has 0 saturated carbocycles. The Bertz CT molecular complexity index is 2040. The van der Waals surface area contributed by atoms with E-state index in [1.165, 1.54) is 167 Å². The zero-order valence-corrected chi connectivity index (χ0v) is 60.6. The second-order valence-corrected chi connectivity index (χ2v) is 26.2. The molecule has 0 aromatic carbocycles. The summed E-state index contributed by atoms with van der Waals surface area (Å²) in [5.74, 6) is -2.00. The van der Waals surface area contributed by atoms with Gasteiger partial charge in [-0.2, -0.15) is 0 Å². The first-order valence-electron chi connectivity index (χ1n) is 38.0. The van der Waals surface area contributed by atoms with Gasteiger partial charge in [0.1, 0.15) is 13.2 Å². The molecule has 0 radical (unpaired) electrons. The van der Waals surface area contributed by atoms with Gasteiger partial charge < -0.3 is 28.5 Å². The van der Waals surface area contributed by atoms with Crippen LogP contribution in [0.5, 0.6) is 0 Å². The van der Waals surface area contributed by atoms with E-state index in [4.69, 9.17) is 18.9 Å². The number of allylic oxidation sites excluding steroid dienone is 24. The number of likely N-dealkylation sites (N-methyl/N-ethyl adjacent to an activating group) is 1. The lowest BCUT2D eigenvalue weighted by molar-refractivity contribution is -0.870. The van der Waals surface area contributed by atoms with Crippen molar-refractivity contribution in [2.24, 2.45) is 0 Å². The van der Waals surface area contributed by atoms with Gasteiger partial charge in [-0.15, -0.1) is 0 Å². The standard InChI is InChI=1S/C84H141NO8/c1-6-8-10-12-14-16-18-20-22-24-26-28-30-32-34-35-36-37-38-39-40-41-42-43-44-45-46-47-49-51-53-55-57-59-61-63-65-67-69-71-73-75-82(87)93-80(79-92-84(83(88)89)90-77-76-85(3,4)5)78-91-81(86)74-72-70-68-66-64-62-60-58-56-54-52-50-48-33-31-29-27-25-23-21-19-17-15-13-11-9-7-2/h8-11,14-17,20-23,26-29,32,34,36-37,39-40,42-43,80,84H,6-7,12-13,18-19,24-25,30-31,33,35,38,41,44-79H2,1-5H3/p+1/b10-8-,11-9-,16-14-,17-15-,22-20-,23-21-,28-26-,29-27-,34-32-,37-36-,40-39-,43-42-. The molecule has 9 nitrogen and oxygen atoms in total. The lowest BCUT2D eigenvalue weighted by Gasteiger charge is -2.25. The molecule has 2 atom stereocenters. The number of quaternary nitrogens is 1. The first kappa shape index (κ1) is 88.2. The normalized spacial score (nSPS) is 13.5. The number of aliphatic carboxylic acids is 1. The van der Waals surface area contributed by atoms with Crippen molar-refractivity contribution < 1.29 is 42.9 Å². The zero-order chi connectivity index (χ0) is 67.5. The number of ether oxygens (including phenoxy) is 4. The molecule has 0 spiro atoms. The van der Waals surface area contributed by atoms with Crippen molar-refractivity contribution in [1.82, 2.24) is 0 Å². The molecule has 0 amide bonds. The van der Waals surface area contributed by atoms with E-state index in [0.717, 1.165) is 116 Å². The highest BCUT2D eigenvalue weighted by Crippen LogP contribution is 2.18. The highest BCUT2D eigenvalue weighted by molar-refractivity contribution is 5.71. The third-order valence-corrected chi connectivity index (χ3v) is 16.1. The van der Waals surface area contributed by atoms with Gasteiger partial charge in [-0.1, -0.05) is 327 Å². The second-order valence-electron chi connectivity index (χ2n) is 26.2. The number of carbonyl (C=O) groups is 3. The number of carboxylic acids is 1. The topological polar surface area (TPSA) is 108 Å². The predicted molar refractivity (Wildman–Crippen MR) is 400 cm³/mol. The maximum atomic E-state index is 13.0. The SMILES string of the molecule is CC/C=C\C/C=C\C/C=C\C/C=C\C/C=C\C/C=C\C/C=C\C/C=C\CCCCCCCCCCCCCCCCCCC(=O)OC(COC(=O)CCCCCCCCCCCCCCCC/C=C\C/C=C\C/C=C\C/C=C\CC)COC(OCC[N+](C)(C)C)C(=O)O. The van der Waals surface area contributed by atoms with Gasteiger partial charge in [0.2, 0.25) is 0 Å². The average Bonchev–Trinajstić information content (AvgIpc) is 3.38. The van der Waals surface area contributed by atoms with Crippen LogP contribution in [0.1, 0.15) is 309 Å². The molecule has 0 aliphatic heterocycles. The maximum absolute atomic E-state index is 13.0. The summed E-state index contributed by atoms with van der Waals surface area (Å²) in [7, 11) is 5.98. The van der Waals surface area contributed by atoms with Crippen molar-refractivity contribution in [2.75, 3.05) is 47.5 Å². The van der Waals surface area contributed by atoms with E-state index in [1.807, 2.05) is 21.1 Å². The third kappa shape index (κ3) is 74.4. The molecule has 0 heterocycles. The minimum atomic E-state index is -1.52. The molecule has 93 heavy (non-hydrogen) atoms. The number of carbonyl (C=O) groups excluding carboxylic acids is 2. The third-order valence-electron chi connectivity index (χ3n) is 16.1. The average molecular weight is 1290 g/mol. The van der Waals surface area contributed by atoms with E-state index in [1.54, 1.807) is 0 Å².